The minimum Gasteiger partial charge on any atom is -0.481 e. The van der Waals surface area contributed by atoms with Crippen molar-refractivity contribution in [3.63, 3.8) is 0 Å². The van der Waals surface area contributed by atoms with Crippen LogP contribution < -0.4 is 5.32 Å². The SMILES string of the molecule is CC(C)c1ccc(CCCNC(=O)[C@@H]2CC[C@H](C(=O)O)C2)cc1. The van der Waals surface area contributed by atoms with Gasteiger partial charge in [0.05, 0.1) is 5.92 Å². The van der Waals surface area contributed by atoms with Gasteiger partial charge in [0.25, 0.3) is 0 Å². The molecule has 23 heavy (non-hydrogen) atoms. The van der Waals surface area contributed by atoms with Crippen molar-refractivity contribution in [1.82, 2.24) is 5.32 Å². The fourth-order valence-corrected chi connectivity index (χ4v) is 3.16. The maximum absolute atomic E-state index is 12.0. The van der Waals surface area contributed by atoms with Crippen LogP contribution in [0.25, 0.3) is 0 Å². The Labute approximate surface area is 138 Å². The fourth-order valence-electron chi connectivity index (χ4n) is 3.16. The third-order valence-electron chi connectivity index (χ3n) is 4.74. The molecule has 0 saturated heterocycles. The van der Waals surface area contributed by atoms with Gasteiger partial charge in [-0.3, -0.25) is 9.59 Å². The summed E-state index contributed by atoms with van der Waals surface area (Å²) in [5, 5.41) is 11.9. The summed E-state index contributed by atoms with van der Waals surface area (Å²) in [4.78, 5) is 23.0. The number of aryl methyl sites for hydroxylation is 1. The average molecular weight is 317 g/mol. The van der Waals surface area contributed by atoms with Crippen LogP contribution in [0.5, 0.6) is 0 Å². The molecule has 0 aliphatic heterocycles. The van der Waals surface area contributed by atoms with Crippen LogP contribution in [-0.4, -0.2) is 23.5 Å². The zero-order valence-electron chi connectivity index (χ0n) is 14.0. The zero-order valence-corrected chi connectivity index (χ0v) is 14.0. The average Bonchev–Trinajstić information content (AvgIpc) is 3.02. The van der Waals surface area contributed by atoms with Gasteiger partial charge in [-0.15, -0.1) is 0 Å². The first-order valence-electron chi connectivity index (χ1n) is 8.56. The molecule has 0 bridgehead atoms. The molecule has 2 atom stereocenters. The molecule has 0 radical (unpaired) electrons. The van der Waals surface area contributed by atoms with Gasteiger partial charge in [0.15, 0.2) is 0 Å². The Morgan fingerprint density at radius 3 is 2.39 bits per heavy atom. The molecular weight excluding hydrogens is 290 g/mol. The van der Waals surface area contributed by atoms with E-state index < -0.39 is 5.97 Å². The number of carboxylic acids is 1. The van der Waals surface area contributed by atoms with E-state index in [1.165, 1.54) is 11.1 Å². The van der Waals surface area contributed by atoms with E-state index in [2.05, 4.69) is 43.4 Å². The molecule has 1 amide bonds. The van der Waals surface area contributed by atoms with Crippen LogP contribution in [0.3, 0.4) is 0 Å². The van der Waals surface area contributed by atoms with E-state index >= 15 is 0 Å². The molecule has 4 nitrogen and oxygen atoms in total. The van der Waals surface area contributed by atoms with Gasteiger partial charge in [0.1, 0.15) is 0 Å². The number of rotatable bonds is 7. The molecule has 0 unspecified atom stereocenters. The lowest BCUT2D eigenvalue weighted by Gasteiger charge is -2.11. The van der Waals surface area contributed by atoms with Crippen molar-refractivity contribution in [2.24, 2.45) is 11.8 Å². The van der Waals surface area contributed by atoms with Crippen molar-refractivity contribution in [3.8, 4) is 0 Å². The molecule has 1 aromatic carbocycles. The fraction of sp³-hybridized carbons (Fsp3) is 0.579. The molecule has 0 heterocycles. The summed E-state index contributed by atoms with van der Waals surface area (Å²) in [6.45, 7) is 5.02. The smallest absolute Gasteiger partial charge is 0.306 e. The van der Waals surface area contributed by atoms with Gasteiger partial charge < -0.3 is 10.4 Å². The number of hydrogen-bond donors (Lipinski definition) is 2. The zero-order chi connectivity index (χ0) is 16.8. The topological polar surface area (TPSA) is 66.4 Å². The summed E-state index contributed by atoms with van der Waals surface area (Å²) in [6, 6.07) is 8.66. The third kappa shape index (κ3) is 5.08. The predicted octanol–water partition coefficient (Wildman–Crippen LogP) is 3.36. The van der Waals surface area contributed by atoms with E-state index in [1.807, 2.05) is 0 Å². The Bertz CT molecular complexity index is 536. The Morgan fingerprint density at radius 1 is 1.17 bits per heavy atom. The van der Waals surface area contributed by atoms with Gasteiger partial charge in [-0.25, -0.2) is 0 Å². The van der Waals surface area contributed by atoms with Crippen molar-refractivity contribution in [2.75, 3.05) is 6.54 Å². The van der Waals surface area contributed by atoms with Crippen molar-refractivity contribution in [3.05, 3.63) is 35.4 Å². The van der Waals surface area contributed by atoms with Crippen LogP contribution >= 0.6 is 0 Å². The van der Waals surface area contributed by atoms with E-state index in [9.17, 15) is 9.59 Å². The van der Waals surface area contributed by atoms with Crippen LogP contribution in [0.4, 0.5) is 0 Å². The van der Waals surface area contributed by atoms with Crippen LogP contribution in [0.1, 0.15) is 56.6 Å². The number of carbonyl (C=O) groups excluding carboxylic acids is 1. The molecule has 1 aromatic rings. The van der Waals surface area contributed by atoms with Gasteiger partial charge in [-0.1, -0.05) is 38.1 Å². The summed E-state index contributed by atoms with van der Waals surface area (Å²) < 4.78 is 0. The molecule has 1 fully saturated rings. The highest BCUT2D eigenvalue weighted by Gasteiger charge is 2.33. The monoisotopic (exact) mass is 317 g/mol. The minimum atomic E-state index is -0.773. The van der Waals surface area contributed by atoms with Gasteiger partial charge in [0.2, 0.25) is 5.91 Å². The first-order chi connectivity index (χ1) is 11.0. The number of amides is 1. The van der Waals surface area contributed by atoms with E-state index in [0.29, 0.717) is 31.7 Å². The molecule has 0 aromatic heterocycles. The first-order valence-corrected chi connectivity index (χ1v) is 8.56. The van der Waals surface area contributed by atoms with Gasteiger partial charge >= 0.3 is 5.97 Å². The molecule has 0 spiro atoms. The summed E-state index contributed by atoms with van der Waals surface area (Å²) in [7, 11) is 0. The second kappa shape index (κ2) is 8.14. The molecule has 1 aliphatic rings. The highest BCUT2D eigenvalue weighted by molar-refractivity contribution is 5.80. The maximum Gasteiger partial charge on any atom is 0.306 e. The molecule has 1 aliphatic carbocycles. The molecule has 2 rings (SSSR count). The minimum absolute atomic E-state index is 0.0175. The molecular formula is C19H27NO3. The highest BCUT2D eigenvalue weighted by atomic mass is 16.4. The van der Waals surface area contributed by atoms with Crippen molar-refractivity contribution < 1.29 is 14.7 Å². The van der Waals surface area contributed by atoms with Crippen molar-refractivity contribution >= 4 is 11.9 Å². The Balaban J connectivity index is 1.67. The molecule has 2 N–H and O–H groups in total. The quantitative estimate of drug-likeness (QED) is 0.758. The lowest BCUT2D eigenvalue weighted by Crippen LogP contribution is -2.30. The van der Waals surface area contributed by atoms with E-state index in [-0.39, 0.29) is 17.7 Å². The largest absolute Gasteiger partial charge is 0.481 e. The van der Waals surface area contributed by atoms with Gasteiger partial charge in [-0.2, -0.15) is 0 Å². The summed E-state index contributed by atoms with van der Waals surface area (Å²) >= 11 is 0. The standard InChI is InChI=1S/C19H27NO3/c1-13(2)15-7-5-14(6-8-15)4-3-11-20-18(21)16-9-10-17(12-16)19(22)23/h5-8,13,16-17H,3-4,9-12H2,1-2H3,(H,20,21)(H,22,23)/t16-,17+/m1/s1. The highest BCUT2D eigenvalue weighted by Crippen LogP contribution is 2.31. The van der Waals surface area contributed by atoms with E-state index in [0.717, 1.165) is 12.8 Å². The number of carbonyl (C=O) groups is 2. The van der Waals surface area contributed by atoms with Gasteiger partial charge in [0, 0.05) is 12.5 Å². The number of hydrogen-bond acceptors (Lipinski definition) is 2. The van der Waals surface area contributed by atoms with Crippen LogP contribution in [0, 0.1) is 11.8 Å². The van der Waals surface area contributed by atoms with E-state index in [4.69, 9.17) is 5.11 Å². The summed E-state index contributed by atoms with van der Waals surface area (Å²) in [6.07, 6.45) is 3.65. The summed E-state index contributed by atoms with van der Waals surface area (Å²) in [5.41, 5.74) is 2.63. The molecule has 4 heteroatoms. The van der Waals surface area contributed by atoms with Crippen LogP contribution in [-0.2, 0) is 16.0 Å². The van der Waals surface area contributed by atoms with E-state index in [1.54, 1.807) is 0 Å². The third-order valence-corrected chi connectivity index (χ3v) is 4.74. The lowest BCUT2D eigenvalue weighted by atomic mass is 10.0. The maximum atomic E-state index is 12.0. The van der Waals surface area contributed by atoms with Crippen molar-refractivity contribution in [1.29, 1.82) is 0 Å². The van der Waals surface area contributed by atoms with Crippen LogP contribution in [0.2, 0.25) is 0 Å². The van der Waals surface area contributed by atoms with Crippen molar-refractivity contribution in [2.45, 2.75) is 51.9 Å². The second-order valence-corrected chi connectivity index (χ2v) is 6.84. The Hall–Kier alpha value is -1.84. The summed E-state index contributed by atoms with van der Waals surface area (Å²) in [5.74, 6) is -0.676. The number of nitrogens with one attached hydrogen (secondary N) is 1. The molecule has 126 valence electrons. The predicted molar refractivity (Wildman–Crippen MR) is 90.3 cm³/mol. The second-order valence-electron chi connectivity index (χ2n) is 6.84. The normalized spacial score (nSPS) is 20.7. The Morgan fingerprint density at radius 2 is 1.83 bits per heavy atom. The van der Waals surface area contributed by atoms with Crippen LogP contribution in [0.15, 0.2) is 24.3 Å². The first kappa shape index (κ1) is 17.5. The molecule has 1 saturated carbocycles. The Kier molecular flexibility index (Phi) is 6.20. The van der Waals surface area contributed by atoms with Gasteiger partial charge in [-0.05, 0) is 49.1 Å². The number of aliphatic carboxylic acids is 1. The lowest BCUT2D eigenvalue weighted by molar-refractivity contribution is -0.141. The number of benzene rings is 1. The number of carboxylic acid groups (broad SMARTS) is 1.